The Labute approximate surface area is 176 Å². The number of aromatic hydroxyl groups is 1. The number of nitrogens with one attached hydrogen (secondary N) is 2. The highest BCUT2D eigenvalue weighted by Gasteiger charge is 2.14. The summed E-state index contributed by atoms with van der Waals surface area (Å²) >= 11 is 1.15. The van der Waals surface area contributed by atoms with Crippen molar-refractivity contribution in [2.24, 2.45) is 4.99 Å². The van der Waals surface area contributed by atoms with Gasteiger partial charge in [-0.15, -0.1) is 11.3 Å². The molecule has 30 heavy (non-hydrogen) atoms. The molecular formula is C21H17N3O4S2. The predicted molar refractivity (Wildman–Crippen MR) is 119 cm³/mol. The number of nitrogens with zero attached hydrogens (tertiary/aromatic N) is 1. The number of aliphatic imine (C=N–C) groups is 1. The van der Waals surface area contributed by atoms with Gasteiger partial charge in [0.15, 0.2) is 0 Å². The van der Waals surface area contributed by atoms with Gasteiger partial charge in [0.05, 0.1) is 12.1 Å². The first-order valence-corrected chi connectivity index (χ1v) is 11.3. The highest BCUT2D eigenvalue weighted by atomic mass is 32.2. The van der Waals surface area contributed by atoms with Gasteiger partial charge in [-0.05, 0) is 35.2 Å². The molecule has 0 saturated carbocycles. The molecule has 0 radical (unpaired) electrons. The third-order valence-electron chi connectivity index (χ3n) is 4.41. The fraction of sp³-hybridized carbons (Fsp3) is 0.0476. The molecule has 2 heterocycles. The second kappa shape index (κ2) is 8.13. The van der Waals surface area contributed by atoms with E-state index in [1.807, 2.05) is 0 Å². The molecule has 0 fully saturated rings. The van der Waals surface area contributed by atoms with Crippen molar-refractivity contribution in [2.45, 2.75) is 10.8 Å². The molecule has 0 amide bonds. The van der Waals surface area contributed by atoms with E-state index in [4.69, 9.17) is 0 Å². The minimum Gasteiger partial charge on any atom is -0.494 e. The lowest BCUT2D eigenvalue weighted by Gasteiger charge is -2.07. The van der Waals surface area contributed by atoms with Crippen molar-refractivity contribution in [1.29, 1.82) is 0 Å². The van der Waals surface area contributed by atoms with Crippen LogP contribution in [-0.4, -0.2) is 24.7 Å². The van der Waals surface area contributed by atoms with E-state index in [-0.39, 0.29) is 15.6 Å². The number of benzene rings is 2. The number of aromatic amines is 1. The summed E-state index contributed by atoms with van der Waals surface area (Å²) in [4.78, 5) is 18.7. The van der Waals surface area contributed by atoms with Gasteiger partial charge in [0, 0.05) is 22.7 Å². The summed E-state index contributed by atoms with van der Waals surface area (Å²) < 4.78 is 27.3. The summed E-state index contributed by atoms with van der Waals surface area (Å²) in [5, 5.41) is 12.9. The maximum atomic E-state index is 12.3. The zero-order valence-corrected chi connectivity index (χ0v) is 17.2. The normalized spacial score (nSPS) is 11.9. The fourth-order valence-electron chi connectivity index (χ4n) is 2.96. The molecule has 0 aliphatic carbocycles. The van der Waals surface area contributed by atoms with E-state index in [1.165, 1.54) is 6.21 Å². The standard InChI is InChI=1S/C21H17N3O4S2/c25-20-17-5-2-1-4-16(17)18(21(26)23-20)13-22-12-14-7-9-15(10-8-14)24-30(27,28)19-6-3-11-29-19/h1-11,13,24H,12H2,(H2,23,25,26). The second-order valence-corrected chi connectivity index (χ2v) is 9.32. The lowest BCUT2D eigenvalue weighted by molar-refractivity contribution is 0.452. The first kappa shape index (κ1) is 19.9. The Morgan fingerprint density at radius 2 is 1.77 bits per heavy atom. The molecule has 4 rings (SSSR count). The number of rotatable bonds is 6. The Morgan fingerprint density at radius 3 is 2.47 bits per heavy atom. The number of aromatic nitrogens is 1. The van der Waals surface area contributed by atoms with E-state index < -0.39 is 10.0 Å². The third-order valence-corrected chi connectivity index (χ3v) is 7.19. The molecule has 0 unspecified atom stereocenters. The summed E-state index contributed by atoms with van der Waals surface area (Å²) in [7, 11) is -3.58. The number of hydrogen-bond donors (Lipinski definition) is 3. The summed E-state index contributed by atoms with van der Waals surface area (Å²) in [5.41, 5.74) is 1.39. The quantitative estimate of drug-likeness (QED) is 0.398. The van der Waals surface area contributed by atoms with Crippen molar-refractivity contribution in [3.63, 3.8) is 0 Å². The van der Waals surface area contributed by atoms with Crippen LogP contribution in [-0.2, 0) is 16.6 Å². The third kappa shape index (κ3) is 4.12. The lowest BCUT2D eigenvalue weighted by Crippen LogP contribution is -2.11. The molecule has 0 saturated heterocycles. The van der Waals surface area contributed by atoms with E-state index in [0.29, 0.717) is 28.6 Å². The summed E-state index contributed by atoms with van der Waals surface area (Å²) in [6.07, 6.45) is 1.51. The van der Waals surface area contributed by atoms with Gasteiger partial charge < -0.3 is 5.11 Å². The van der Waals surface area contributed by atoms with Gasteiger partial charge >= 0.3 is 0 Å². The van der Waals surface area contributed by atoms with Crippen molar-refractivity contribution in [3.8, 4) is 5.88 Å². The fourth-order valence-corrected chi connectivity index (χ4v) is 5.01. The lowest BCUT2D eigenvalue weighted by atomic mass is 10.1. The molecule has 9 heteroatoms. The molecule has 3 N–H and O–H groups in total. The molecule has 0 spiro atoms. The molecule has 0 bridgehead atoms. The number of H-pyrrole nitrogens is 1. The van der Waals surface area contributed by atoms with Crippen LogP contribution in [0.2, 0.25) is 0 Å². The van der Waals surface area contributed by atoms with Gasteiger partial charge in [0.1, 0.15) is 4.21 Å². The molecule has 0 aliphatic rings. The Kier molecular flexibility index (Phi) is 5.39. The number of thiophene rings is 1. The van der Waals surface area contributed by atoms with Crippen molar-refractivity contribution in [2.75, 3.05) is 4.72 Å². The first-order valence-electron chi connectivity index (χ1n) is 8.93. The molecule has 2 aromatic heterocycles. The monoisotopic (exact) mass is 439 g/mol. The Bertz CT molecular complexity index is 1370. The molecular weight excluding hydrogens is 422 g/mol. The van der Waals surface area contributed by atoms with Gasteiger partial charge in [0.2, 0.25) is 5.88 Å². The summed E-state index contributed by atoms with van der Waals surface area (Å²) in [5.74, 6) is -0.235. The van der Waals surface area contributed by atoms with Gasteiger partial charge in [-0.3, -0.25) is 19.5 Å². The van der Waals surface area contributed by atoms with E-state index in [0.717, 1.165) is 16.9 Å². The van der Waals surface area contributed by atoms with Crippen LogP contribution in [0.5, 0.6) is 5.88 Å². The van der Waals surface area contributed by atoms with Gasteiger partial charge in [-0.1, -0.05) is 36.4 Å². The number of sulfonamides is 1. The zero-order chi connectivity index (χ0) is 21.1. The smallest absolute Gasteiger partial charge is 0.271 e. The summed E-state index contributed by atoms with van der Waals surface area (Å²) in [6.45, 7) is 0.324. The van der Waals surface area contributed by atoms with Gasteiger partial charge in [0.25, 0.3) is 15.6 Å². The zero-order valence-electron chi connectivity index (χ0n) is 15.6. The Hall–Kier alpha value is -3.43. The molecule has 0 atom stereocenters. The largest absolute Gasteiger partial charge is 0.494 e. The van der Waals surface area contributed by atoms with Crippen LogP contribution in [0.15, 0.2) is 80.0 Å². The number of fused-ring (bicyclic) bond motifs is 1. The minimum absolute atomic E-state index is 0.235. The predicted octanol–water partition coefficient (Wildman–Crippen LogP) is 3.72. The number of hydrogen-bond acceptors (Lipinski definition) is 6. The highest BCUT2D eigenvalue weighted by Crippen LogP contribution is 2.22. The van der Waals surface area contributed by atoms with Crippen LogP contribution in [0.4, 0.5) is 5.69 Å². The Morgan fingerprint density at radius 1 is 1.03 bits per heavy atom. The van der Waals surface area contributed by atoms with E-state index in [9.17, 15) is 18.3 Å². The molecule has 4 aromatic rings. The second-order valence-electron chi connectivity index (χ2n) is 6.47. The van der Waals surface area contributed by atoms with Crippen molar-refractivity contribution < 1.29 is 13.5 Å². The van der Waals surface area contributed by atoms with Crippen LogP contribution in [0.3, 0.4) is 0 Å². The van der Waals surface area contributed by atoms with E-state index >= 15 is 0 Å². The average molecular weight is 440 g/mol. The van der Waals surface area contributed by atoms with E-state index in [1.54, 1.807) is 66.0 Å². The maximum absolute atomic E-state index is 12.3. The van der Waals surface area contributed by atoms with Crippen LogP contribution >= 0.6 is 11.3 Å². The van der Waals surface area contributed by atoms with Crippen molar-refractivity contribution in [3.05, 3.63) is 87.5 Å². The van der Waals surface area contributed by atoms with E-state index in [2.05, 4.69) is 14.7 Å². The summed E-state index contributed by atoms with van der Waals surface area (Å²) in [6, 6.07) is 17.1. The van der Waals surface area contributed by atoms with Gasteiger partial charge in [-0.2, -0.15) is 0 Å². The molecule has 2 aromatic carbocycles. The SMILES string of the molecule is O=c1[nH]c(O)c(C=NCc2ccc(NS(=O)(=O)c3cccs3)cc2)c2ccccc12. The maximum Gasteiger partial charge on any atom is 0.271 e. The van der Waals surface area contributed by atoms with Crippen LogP contribution in [0.1, 0.15) is 11.1 Å². The average Bonchev–Trinajstić information content (AvgIpc) is 3.27. The minimum atomic E-state index is -3.58. The van der Waals surface area contributed by atoms with Crippen LogP contribution < -0.4 is 10.3 Å². The van der Waals surface area contributed by atoms with Crippen LogP contribution in [0.25, 0.3) is 10.8 Å². The number of pyridine rings is 1. The molecule has 152 valence electrons. The molecule has 0 aliphatic heterocycles. The molecule has 7 nitrogen and oxygen atoms in total. The van der Waals surface area contributed by atoms with Gasteiger partial charge in [-0.25, -0.2) is 8.42 Å². The Balaban J connectivity index is 1.49. The van der Waals surface area contributed by atoms with Crippen molar-refractivity contribution in [1.82, 2.24) is 4.98 Å². The topological polar surface area (TPSA) is 112 Å². The first-order chi connectivity index (χ1) is 14.4. The highest BCUT2D eigenvalue weighted by molar-refractivity contribution is 7.94. The van der Waals surface area contributed by atoms with Crippen molar-refractivity contribution >= 4 is 44.0 Å². The van der Waals surface area contributed by atoms with Crippen LogP contribution in [0, 0.1) is 0 Å². The number of anilines is 1.